The fourth-order valence-corrected chi connectivity index (χ4v) is 2.95. The Morgan fingerprint density at radius 3 is 2.67 bits per heavy atom. The Balaban J connectivity index is 2.00. The van der Waals surface area contributed by atoms with E-state index in [2.05, 4.69) is 20.8 Å². The molecule has 2 rings (SSSR count). The number of hydrogen-bond donors (Lipinski definition) is 3. The summed E-state index contributed by atoms with van der Waals surface area (Å²) < 4.78 is 0. The molecule has 1 aromatic heterocycles. The topological polar surface area (TPSA) is 87.1 Å². The lowest BCUT2D eigenvalue weighted by atomic mass is 9.83. The van der Waals surface area contributed by atoms with Gasteiger partial charge < -0.3 is 15.7 Å². The van der Waals surface area contributed by atoms with Crippen molar-refractivity contribution in [3.63, 3.8) is 0 Å². The molecule has 21 heavy (non-hydrogen) atoms. The number of rotatable bonds is 6. The van der Waals surface area contributed by atoms with Gasteiger partial charge >= 0.3 is 0 Å². The van der Waals surface area contributed by atoms with Crippen molar-refractivity contribution in [2.45, 2.75) is 44.6 Å². The Morgan fingerprint density at radius 2 is 2.10 bits per heavy atom. The van der Waals surface area contributed by atoms with Gasteiger partial charge in [-0.15, -0.1) is 10.2 Å². The van der Waals surface area contributed by atoms with Gasteiger partial charge in [-0.05, 0) is 37.3 Å². The zero-order chi connectivity index (χ0) is 15.1. The normalized spacial score (nSPS) is 17.2. The van der Waals surface area contributed by atoms with Crippen LogP contribution in [0.3, 0.4) is 0 Å². The Morgan fingerprint density at radius 1 is 1.33 bits per heavy atom. The van der Waals surface area contributed by atoms with Crippen LogP contribution in [0.2, 0.25) is 0 Å². The summed E-state index contributed by atoms with van der Waals surface area (Å²) in [5.41, 5.74) is 0.305. The molecule has 1 heterocycles. The van der Waals surface area contributed by atoms with Crippen molar-refractivity contribution in [2.75, 3.05) is 19.0 Å². The van der Waals surface area contributed by atoms with Gasteiger partial charge in [0.05, 0.1) is 0 Å². The molecule has 1 fully saturated rings. The summed E-state index contributed by atoms with van der Waals surface area (Å²) in [6.45, 7) is 0.165. The lowest BCUT2D eigenvalue weighted by Gasteiger charge is -2.30. The van der Waals surface area contributed by atoms with E-state index < -0.39 is 0 Å². The smallest absolute Gasteiger partial charge is 0.271 e. The van der Waals surface area contributed by atoms with E-state index in [0.29, 0.717) is 23.9 Å². The predicted molar refractivity (Wildman–Crippen MR) is 81.1 cm³/mol. The molecule has 0 bridgehead atoms. The van der Waals surface area contributed by atoms with E-state index in [1.54, 1.807) is 19.2 Å². The molecule has 1 saturated carbocycles. The summed E-state index contributed by atoms with van der Waals surface area (Å²) in [5.74, 6) is 0.992. The van der Waals surface area contributed by atoms with Crippen molar-refractivity contribution >= 4 is 11.7 Å². The van der Waals surface area contributed by atoms with Crippen molar-refractivity contribution in [3.05, 3.63) is 17.8 Å². The molecular weight excluding hydrogens is 268 g/mol. The first-order chi connectivity index (χ1) is 10.2. The monoisotopic (exact) mass is 292 g/mol. The first-order valence-electron chi connectivity index (χ1n) is 7.68. The van der Waals surface area contributed by atoms with E-state index >= 15 is 0 Å². The van der Waals surface area contributed by atoms with E-state index in [4.69, 9.17) is 0 Å². The number of aliphatic hydroxyl groups excluding tert-OH is 1. The number of amides is 1. The highest BCUT2D eigenvalue weighted by atomic mass is 16.3. The number of aliphatic hydroxyl groups is 1. The van der Waals surface area contributed by atoms with E-state index in [0.717, 1.165) is 0 Å². The summed E-state index contributed by atoms with van der Waals surface area (Å²) >= 11 is 0. The van der Waals surface area contributed by atoms with Gasteiger partial charge in [-0.1, -0.05) is 19.3 Å². The highest BCUT2D eigenvalue weighted by Crippen LogP contribution is 2.29. The van der Waals surface area contributed by atoms with Gasteiger partial charge in [-0.2, -0.15) is 0 Å². The first kappa shape index (κ1) is 15.7. The maximum absolute atomic E-state index is 11.4. The molecule has 1 unspecified atom stereocenters. The van der Waals surface area contributed by atoms with Crippen LogP contribution >= 0.6 is 0 Å². The Kier molecular flexibility index (Phi) is 5.92. The minimum absolute atomic E-state index is 0.165. The third-order valence-corrected chi connectivity index (χ3v) is 4.12. The van der Waals surface area contributed by atoms with Crippen LogP contribution in [0.25, 0.3) is 0 Å². The Bertz CT molecular complexity index is 443. The molecule has 0 aromatic carbocycles. The fraction of sp³-hybridized carbons (Fsp3) is 0.667. The average molecular weight is 292 g/mol. The second-order valence-corrected chi connectivity index (χ2v) is 5.54. The van der Waals surface area contributed by atoms with Crippen molar-refractivity contribution in [2.24, 2.45) is 5.92 Å². The zero-order valence-electron chi connectivity index (χ0n) is 12.5. The summed E-state index contributed by atoms with van der Waals surface area (Å²) in [5, 5.41) is 23.1. The molecule has 3 N–H and O–H groups in total. The standard InChI is InChI=1S/C15H24N4O2/c1-16-15(21)13-7-8-14(19-18-13)17-12(9-10-20)11-5-3-2-4-6-11/h7-8,11-12,20H,2-6,9-10H2,1H3,(H,16,21)(H,17,19). The maximum Gasteiger partial charge on any atom is 0.271 e. The number of carbonyl (C=O) groups excluding carboxylic acids is 1. The van der Waals surface area contributed by atoms with Crippen LogP contribution in [0.1, 0.15) is 49.0 Å². The minimum atomic E-state index is -0.242. The van der Waals surface area contributed by atoms with Crippen LogP contribution in [0, 0.1) is 5.92 Å². The molecule has 1 aliphatic rings. The molecule has 0 aliphatic heterocycles. The first-order valence-corrected chi connectivity index (χ1v) is 7.68. The molecule has 6 heteroatoms. The number of nitrogens with one attached hydrogen (secondary N) is 2. The number of nitrogens with zero attached hydrogens (tertiary/aromatic N) is 2. The highest BCUT2D eigenvalue weighted by Gasteiger charge is 2.23. The molecule has 0 saturated heterocycles. The Labute approximate surface area is 125 Å². The number of aromatic nitrogens is 2. The fourth-order valence-electron chi connectivity index (χ4n) is 2.95. The van der Waals surface area contributed by atoms with Crippen molar-refractivity contribution in [1.82, 2.24) is 15.5 Å². The quantitative estimate of drug-likeness (QED) is 0.741. The molecule has 1 aliphatic carbocycles. The summed E-state index contributed by atoms with van der Waals surface area (Å²) in [4.78, 5) is 11.4. The van der Waals surface area contributed by atoms with Crippen LogP contribution in [-0.4, -0.2) is 40.9 Å². The van der Waals surface area contributed by atoms with Gasteiger partial charge in [-0.25, -0.2) is 0 Å². The predicted octanol–water partition coefficient (Wildman–Crippen LogP) is 1.58. The van der Waals surface area contributed by atoms with Crippen LogP contribution in [0.15, 0.2) is 12.1 Å². The number of carbonyl (C=O) groups is 1. The van der Waals surface area contributed by atoms with E-state index in [-0.39, 0.29) is 18.6 Å². The summed E-state index contributed by atoms with van der Waals surface area (Å²) in [6.07, 6.45) is 6.93. The van der Waals surface area contributed by atoms with Gasteiger partial charge in [0.1, 0.15) is 5.82 Å². The van der Waals surface area contributed by atoms with E-state index in [1.165, 1.54) is 32.1 Å². The largest absolute Gasteiger partial charge is 0.396 e. The number of hydrogen-bond acceptors (Lipinski definition) is 5. The van der Waals surface area contributed by atoms with Gasteiger partial charge in [0.25, 0.3) is 5.91 Å². The van der Waals surface area contributed by atoms with Gasteiger partial charge in [-0.3, -0.25) is 4.79 Å². The van der Waals surface area contributed by atoms with Gasteiger partial charge in [0, 0.05) is 19.7 Å². The van der Waals surface area contributed by atoms with Crippen molar-refractivity contribution in [3.8, 4) is 0 Å². The van der Waals surface area contributed by atoms with Crippen molar-refractivity contribution < 1.29 is 9.90 Å². The summed E-state index contributed by atoms with van der Waals surface area (Å²) in [7, 11) is 1.57. The number of anilines is 1. The van der Waals surface area contributed by atoms with Crippen molar-refractivity contribution in [1.29, 1.82) is 0 Å². The van der Waals surface area contributed by atoms with E-state index in [1.807, 2.05) is 0 Å². The third-order valence-electron chi connectivity index (χ3n) is 4.12. The van der Waals surface area contributed by atoms with E-state index in [9.17, 15) is 9.90 Å². The Hall–Kier alpha value is -1.69. The molecule has 1 aromatic rings. The average Bonchev–Trinajstić information content (AvgIpc) is 2.55. The maximum atomic E-state index is 11.4. The molecule has 1 atom stereocenters. The minimum Gasteiger partial charge on any atom is -0.396 e. The van der Waals surface area contributed by atoms with Crippen LogP contribution in [-0.2, 0) is 0 Å². The highest BCUT2D eigenvalue weighted by molar-refractivity contribution is 5.91. The summed E-state index contributed by atoms with van der Waals surface area (Å²) in [6, 6.07) is 3.64. The second kappa shape index (κ2) is 7.93. The third kappa shape index (κ3) is 4.39. The molecule has 1 amide bonds. The van der Waals surface area contributed by atoms with Crippen LogP contribution < -0.4 is 10.6 Å². The van der Waals surface area contributed by atoms with Gasteiger partial charge in [0.2, 0.25) is 0 Å². The molecule has 0 radical (unpaired) electrons. The van der Waals surface area contributed by atoms with Crippen LogP contribution in [0.5, 0.6) is 0 Å². The van der Waals surface area contributed by atoms with Crippen LogP contribution in [0.4, 0.5) is 5.82 Å². The SMILES string of the molecule is CNC(=O)c1ccc(NC(CCO)C2CCCCC2)nn1. The lowest BCUT2D eigenvalue weighted by molar-refractivity contribution is 0.0957. The lowest BCUT2D eigenvalue weighted by Crippen LogP contribution is -2.32. The molecular formula is C15H24N4O2. The molecule has 0 spiro atoms. The van der Waals surface area contributed by atoms with Gasteiger partial charge in [0.15, 0.2) is 5.69 Å². The molecule has 6 nitrogen and oxygen atoms in total. The molecule has 116 valence electrons. The zero-order valence-corrected chi connectivity index (χ0v) is 12.5. The second-order valence-electron chi connectivity index (χ2n) is 5.54.